The lowest BCUT2D eigenvalue weighted by Crippen LogP contribution is -2.44. The molecule has 2 unspecified atom stereocenters. The zero-order valence-electron chi connectivity index (χ0n) is 8.34. The summed E-state index contributed by atoms with van der Waals surface area (Å²) >= 11 is 0. The van der Waals surface area contributed by atoms with Gasteiger partial charge in [-0.25, -0.2) is 0 Å². The Morgan fingerprint density at radius 1 is 1.69 bits per heavy atom. The number of hydrogen-bond acceptors (Lipinski definition) is 2. The molecule has 0 aliphatic carbocycles. The summed E-state index contributed by atoms with van der Waals surface area (Å²) in [5, 5.41) is 2.81. The molecule has 0 radical (unpaired) electrons. The molecule has 2 atom stereocenters. The maximum absolute atomic E-state index is 11.3. The largest absolute Gasteiger partial charge is 0.352 e. The topological polar surface area (TPSA) is 55.1 Å². The van der Waals surface area contributed by atoms with Gasteiger partial charge in [-0.15, -0.1) is 12.3 Å². The van der Waals surface area contributed by atoms with Crippen LogP contribution in [0.1, 0.15) is 33.1 Å². The molecule has 1 amide bonds. The zero-order chi connectivity index (χ0) is 10.3. The fourth-order valence-corrected chi connectivity index (χ4v) is 1.07. The minimum Gasteiger partial charge on any atom is -0.352 e. The van der Waals surface area contributed by atoms with Gasteiger partial charge in [0.05, 0.1) is 6.04 Å². The maximum Gasteiger partial charge on any atom is 0.238 e. The maximum atomic E-state index is 11.3. The molecule has 0 fully saturated rings. The van der Waals surface area contributed by atoms with Gasteiger partial charge in [-0.3, -0.25) is 4.79 Å². The number of terminal acetylenes is 1. The van der Waals surface area contributed by atoms with Crippen LogP contribution in [0.25, 0.3) is 0 Å². The first-order chi connectivity index (χ1) is 6.11. The van der Waals surface area contributed by atoms with Crippen molar-refractivity contribution in [1.82, 2.24) is 5.32 Å². The summed E-state index contributed by atoms with van der Waals surface area (Å²) in [6.45, 7) is 4.04. The van der Waals surface area contributed by atoms with Crippen LogP contribution in [0.4, 0.5) is 0 Å². The Bertz CT molecular complexity index is 196. The molecular formula is C10H18N2O. The highest BCUT2D eigenvalue weighted by atomic mass is 16.2. The van der Waals surface area contributed by atoms with Crippen molar-refractivity contribution in [3.05, 3.63) is 0 Å². The van der Waals surface area contributed by atoms with Crippen LogP contribution in [-0.2, 0) is 4.79 Å². The summed E-state index contributed by atoms with van der Waals surface area (Å²) in [4.78, 5) is 11.3. The smallest absolute Gasteiger partial charge is 0.238 e. The van der Waals surface area contributed by atoms with Crippen molar-refractivity contribution >= 4 is 5.91 Å². The minimum atomic E-state index is -0.565. The molecule has 0 saturated heterocycles. The first kappa shape index (κ1) is 12.0. The molecule has 13 heavy (non-hydrogen) atoms. The van der Waals surface area contributed by atoms with Crippen LogP contribution in [0.3, 0.4) is 0 Å². The summed E-state index contributed by atoms with van der Waals surface area (Å²) in [7, 11) is 0. The Morgan fingerprint density at radius 3 is 2.77 bits per heavy atom. The van der Waals surface area contributed by atoms with Gasteiger partial charge >= 0.3 is 0 Å². The third kappa shape index (κ3) is 5.26. The number of rotatable bonds is 5. The Labute approximate surface area is 80.1 Å². The van der Waals surface area contributed by atoms with E-state index in [4.69, 9.17) is 12.2 Å². The molecule has 0 aromatic heterocycles. The third-order valence-electron chi connectivity index (χ3n) is 1.78. The zero-order valence-corrected chi connectivity index (χ0v) is 8.34. The van der Waals surface area contributed by atoms with E-state index >= 15 is 0 Å². The van der Waals surface area contributed by atoms with Crippen molar-refractivity contribution in [2.45, 2.75) is 45.2 Å². The number of carbonyl (C=O) groups is 1. The number of amides is 1. The summed E-state index contributed by atoms with van der Waals surface area (Å²) in [6.07, 6.45) is 7.36. The van der Waals surface area contributed by atoms with Crippen LogP contribution in [-0.4, -0.2) is 18.0 Å². The lowest BCUT2D eigenvalue weighted by Gasteiger charge is -2.15. The van der Waals surface area contributed by atoms with Crippen LogP contribution < -0.4 is 11.1 Å². The van der Waals surface area contributed by atoms with Gasteiger partial charge in [-0.2, -0.15) is 0 Å². The number of nitrogens with two attached hydrogens (primary N) is 1. The summed E-state index contributed by atoms with van der Waals surface area (Å²) in [5.41, 5.74) is 5.52. The van der Waals surface area contributed by atoms with Gasteiger partial charge in [-0.05, 0) is 13.3 Å². The van der Waals surface area contributed by atoms with Crippen molar-refractivity contribution < 1.29 is 4.79 Å². The van der Waals surface area contributed by atoms with E-state index < -0.39 is 6.04 Å². The summed E-state index contributed by atoms with van der Waals surface area (Å²) in [6, 6.07) is -0.384. The van der Waals surface area contributed by atoms with Crippen molar-refractivity contribution in [2.24, 2.45) is 5.73 Å². The van der Waals surface area contributed by atoms with Gasteiger partial charge in [0.1, 0.15) is 0 Å². The highest BCUT2D eigenvalue weighted by Gasteiger charge is 2.13. The molecule has 0 spiro atoms. The predicted octanol–water partition coefficient (Wildman–Crippen LogP) is 0.642. The molecule has 3 heteroatoms. The molecule has 0 rings (SSSR count). The van der Waals surface area contributed by atoms with Gasteiger partial charge in [0.2, 0.25) is 5.91 Å². The Kier molecular flexibility index (Phi) is 5.99. The molecule has 3 N–H and O–H groups in total. The molecule has 0 heterocycles. The van der Waals surface area contributed by atoms with E-state index in [2.05, 4.69) is 18.2 Å². The molecule has 0 saturated carbocycles. The van der Waals surface area contributed by atoms with Crippen LogP contribution in [0.15, 0.2) is 0 Å². The highest BCUT2D eigenvalue weighted by molar-refractivity contribution is 5.82. The molecule has 0 aliphatic rings. The fourth-order valence-electron chi connectivity index (χ4n) is 1.07. The first-order valence-corrected chi connectivity index (χ1v) is 4.61. The van der Waals surface area contributed by atoms with Crippen LogP contribution >= 0.6 is 0 Å². The van der Waals surface area contributed by atoms with Crippen LogP contribution in [0.2, 0.25) is 0 Å². The van der Waals surface area contributed by atoms with Crippen LogP contribution in [0, 0.1) is 12.3 Å². The SMILES string of the molecule is C#CCC(N)C(=O)NC(C)CCC. The first-order valence-electron chi connectivity index (χ1n) is 4.61. The van der Waals surface area contributed by atoms with Crippen LogP contribution in [0.5, 0.6) is 0 Å². The van der Waals surface area contributed by atoms with Crippen molar-refractivity contribution in [3.63, 3.8) is 0 Å². The molecule has 0 aliphatic heterocycles. The number of hydrogen-bond donors (Lipinski definition) is 2. The molecule has 0 aromatic rings. The fraction of sp³-hybridized carbons (Fsp3) is 0.700. The lowest BCUT2D eigenvalue weighted by molar-refractivity contribution is -0.122. The average molecular weight is 182 g/mol. The second kappa shape index (κ2) is 6.50. The molecule has 3 nitrogen and oxygen atoms in total. The second-order valence-corrected chi connectivity index (χ2v) is 3.21. The molecule has 0 aromatic carbocycles. The standard InChI is InChI=1S/C10H18N2O/c1-4-6-8(3)12-10(13)9(11)7-5-2/h2,8-9H,4,6-7,11H2,1,3H3,(H,12,13). The van der Waals surface area contributed by atoms with E-state index in [9.17, 15) is 4.79 Å². The number of nitrogens with one attached hydrogen (secondary N) is 1. The number of carbonyl (C=O) groups excluding carboxylic acids is 1. The Morgan fingerprint density at radius 2 is 2.31 bits per heavy atom. The Hall–Kier alpha value is -1.01. The van der Waals surface area contributed by atoms with E-state index in [1.807, 2.05) is 6.92 Å². The van der Waals surface area contributed by atoms with Crippen molar-refractivity contribution in [2.75, 3.05) is 0 Å². The van der Waals surface area contributed by atoms with Crippen molar-refractivity contribution in [3.8, 4) is 12.3 Å². The quantitative estimate of drug-likeness (QED) is 0.613. The monoisotopic (exact) mass is 182 g/mol. The van der Waals surface area contributed by atoms with E-state index in [0.717, 1.165) is 12.8 Å². The summed E-state index contributed by atoms with van der Waals surface area (Å²) in [5.74, 6) is 2.21. The normalized spacial score (nSPS) is 14.3. The predicted molar refractivity (Wildman–Crippen MR) is 53.9 cm³/mol. The third-order valence-corrected chi connectivity index (χ3v) is 1.78. The van der Waals surface area contributed by atoms with Gasteiger partial charge < -0.3 is 11.1 Å². The highest BCUT2D eigenvalue weighted by Crippen LogP contribution is 1.96. The van der Waals surface area contributed by atoms with E-state index in [1.54, 1.807) is 0 Å². The van der Waals surface area contributed by atoms with E-state index in [0.29, 0.717) is 6.42 Å². The van der Waals surface area contributed by atoms with E-state index in [-0.39, 0.29) is 11.9 Å². The van der Waals surface area contributed by atoms with Gasteiger partial charge in [0, 0.05) is 12.5 Å². The van der Waals surface area contributed by atoms with Gasteiger partial charge in [0.15, 0.2) is 0 Å². The van der Waals surface area contributed by atoms with Gasteiger partial charge in [0.25, 0.3) is 0 Å². The molecule has 0 bridgehead atoms. The lowest BCUT2D eigenvalue weighted by atomic mass is 10.1. The minimum absolute atomic E-state index is 0.154. The van der Waals surface area contributed by atoms with E-state index in [1.165, 1.54) is 0 Å². The Balaban J connectivity index is 3.79. The second-order valence-electron chi connectivity index (χ2n) is 3.21. The summed E-state index contributed by atoms with van der Waals surface area (Å²) < 4.78 is 0. The average Bonchev–Trinajstić information content (AvgIpc) is 2.05. The molecular weight excluding hydrogens is 164 g/mol. The van der Waals surface area contributed by atoms with Crippen molar-refractivity contribution in [1.29, 1.82) is 0 Å². The van der Waals surface area contributed by atoms with Gasteiger partial charge in [-0.1, -0.05) is 13.3 Å². The molecule has 74 valence electrons.